The van der Waals surface area contributed by atoms with Crippen molar-refractivity contribution in [2.24, 2.45) is 5.92 Å². The lowest BCUT2D eigenvalue weighted by molar-refractivity contribution is -0.120. The Balaban J connectivity index is 1.25. The average molecular weight is 445 g/mol. The number of amides is 1. The Hall–Kier alpha value is -3.22. The molecule has 1 aliphatic rings. The maximum atomic E-state index is 13.1. The second-order valence-electron chi connectivity index (χ2n) is 8.24. The van der Waals surface area contributed by atoms with E-state index in [0.717, 1.165) is 27.2 Å². The highest BCUT2D eigenvalue weighted by atomic mass is 32.2. The number of rotatable bonds is 4. The minimum absolute atomic E-state index is 0.0527. The average Bonchev–Trinajstić information content (AvgIpc) is 2.83. The molecule has 0 unspecified atom stereocenters. The van der Waals surface area contributed by atoms with Gasteiger partial charge in [0.1, 0.15) is 0 Å². The van der Waals surface area contributed by atoms with Gasteiger partial charge < -0.3 is 5.32 Å². The van der Waals surface area contributed by atoms with Crippen molar-refractivity contribution in [3.05, 3.63) is 84.9 Å². The molecule has 1 N–H and O–H groups in total. The molecule has 0 aromatic heterocycles. The molecule has 0 spiro atoms. The van der Waals surface area contributed by atoms with Crippen LogP contribution in [0.25, 0.3) is 21.5 Å². The zero-order valence-electron chi connectivity index (χ0n) is 17.6. The van der Waals surface area contributed by atoms with E-state index in [1.54, 1.807) is 12.1 Å². The zero-order chi connectivity index (χ0) is 22.1. The minimum Gasteiger partial charge on any atom is -0.326 e. The zero-order valence-corrected chi connectivity index (χ0v) is 18.4. The lowest BCUT2D eigenvalue weighted by Crippen LogP contribution is -2.41. The Kier molecular flexibility index (Phi) is 5.41. The second kappa shape index (κ2) is 8.37. The van der Waals surface area contributed by atoms with Gasteiger partial charge in [-0.3, -0.25) is 4.79 Å². The van der Waals surface area contributed by atoms with Crippen molar-refractivity contribution in [3.8, 4) is 0 Å². The van der Waals surface area contributed by atoms with Crippen LogP contribution >= 0.6 is 0 Å². The van der Waals surface area contributed by atoms with Crippen molar-refractivity contribution in [3.63, 3.8) is 0 Å². The normalized spacial score (nSPS) is 15.8. The van der Waals surface area contributed by atoms with E-state index in [1.807, 2.05) is 72.8 Å². The van der Waals surface area contributed by atoms with Gasteiger partial charge in [0.05, 0.1) is 4.90 Å². The van der Waals surface area contributed by atoms with Gasteiger partial charge in [0, 0.05) is 24.7 Å². The Labute approximate surface area is 187 Å². The molecule has 6 heteroatoms. The maximum Gasteiger partial charge on any atom is 0.243 e. The molecule has 0 atom stereocenters. The topological polar surface area (TPSA) is 66.5 Å². The van der Waals surface area contributed by atoms with E-state index in [4.69, 9.17) is 0 Å². The van der Waals surface area contributed by atoms with Gasteiger partial charge in [0.15, 0.2) is 0 Å². The summed E-state index contributed by atoms with van der Waals surface area (Å²) in [6, 6.07) is 26.8. The third-order valence-corrected chi connectivity index (χ3v) is 8.10. The third-order valence-electron chi connectivity index (χ3n) is 6.20. The molecule has 1 amide bonds. The molecule has 0 aliphatic carbocycles. The van der Waals surface area contributed by atoms with Crippen LogP contribution in [-0.2, 0) is 14.8 Å². The van der Waals surface area contributed by atoms with Crippen LogP contribution in [-0.4, -0.2) is 31.7 Å². The van der Waals surface area contributed by atoms with Crippen LogP contribution in [0.3, 0.4) is 0 Å². The van der Waals surface area contributed by atoms with Crippen LogP contribution in [0.2, 0.25) is 0 Å². The van der Waals surface area contributed by atoms with Gasteiger partial charge in [-0.2, -0.15) is 4.31 Å². The van der Waals surface area contributed by atoms with Gasteiger partial charge in [0.2, 0.25) is 15.9 Å². The highest BCUT2D eigenvalue weighted by Gasteiger charge is 2.32. The van der Waals surface area contributed by atoms with Crippen LogP contribution in [0.5, 0.6) is 0 Å². The minimum atomic E-state index is -3.58. The molecule has 1 aliphatic heterocycles. The number of hydrogen-bond acceptors (Lipinski definition) is 3. The predicted octanol–water partition coefficient (Wildman–Crippen LogP) is 5.03. The fourth-order valence-corrected chi connectivity index (χ4v) is 5.85. The lowest BCUT2D eigenvalue weighted by Gasteiger charge is -2.30. The molecule has 0 bridgehead atoms. The second-order valence-corrected chi connectivity index (χ2v) is 10.2. The summed E-state index contributed by atoms with van der Waals surface area (Å²) < 4.78 is 27.8. The fourth-order valence-electron chi connectivity index (χ4n) is 4.35. The molecule has 32 heavy (non-hydrogen) atoms. The summed E-state index contributed by atoms with van der Waals surface area (Å²) in [5.74, 6) is -0.257. The Morgan fingerprint density at radius 3 is 1.97 bits per heavy atom. The third kappa shape index (κ3) is 3.99. The number of piperidine rings is 1. The first-order valence-electron chi connectivity index (χ1n) is 10.8. The molecule has 1 fully saturated rings. The van der Waals surface area contributed by atoms with Gasteiger partial charge in [-0.1, -0.05) is 60.7 Å². The lowest BCUT2D eigenvalue weighted by atomic mass is 9.97. The SMILES string of the molecule is O=C(Nc1ccc2ccccc2c1)C1CCN(S(=O)(=O)c2ccc3ccccc3c2)CC1. The van der Waals surface area contributed by atoms with Crippen molar-refractivity contribution < 1.29 is 13.2 Å². The predicted molar refractivity (Wildman–Crippen MR) is 128 cm³/mol. The number of nitrogens with zero attached hydrogens (tertiary/aromatic N) is 1. The van der Waals surface area contributed by atoms with Crippen molar-refractivity contribution in [2.75, 3.05) is 18.4 Å². The number of carbonyl (C=O) groups excluding carboxylic acids is 1. The van der Waals surface area contributed by atoms with Crippen LogP contribution in [0.1, 0.15) is 12.8 Å². The molecular formula is C26H24N2O3S. The standard InChI is InChI=1S/C26H24N2O3S/c29-26(27-24-11-9-19-5-1-3-7-22(19)17-24)21-13-15-28(16-14-21)32(30,31)25-12-10-20-6-2-4-8-23(20)18-25/h1-12,17-18,21H,13-16H2,(H,27,29). The van der Waals surface area contributed by atoms with Gasteiger partial charge in [0.25, 0.3) is 0 Å². The van der Waals surface area contributed by atoms with Crippen LogP contribution in [0, 0.1) is 5.92 Å². The summed E-state index contributed by atoms with van der Waals surface area (Å²) in [6.45, 7) is 0.677. The highest BCUT2D eigenvalue weighted by Crippen LogP contribution is 2.27. The summed E-state index contributed by atoms with van der Waals surface area (Å²) in [5.41, 5.74) is 0.764. The number of benzene rings is 4. The molecule has 0 saturated carbocycles. The first-order valence-corrected chi connectivity index (χ1v) is 12.2. The molecule has 162 valence electrons. The summed E-state index contributed by atoms with van der Waals surface area (Å²) in [4.78, 5) is 13.1. The monoisotopic (exact) mass is 444 g/mol. The Bertz CT molecular complexity index is 1410. The Morgan fingerprint density at radius 1 is 0.750 bits per heavy atom. The molecule has 0 radical (unpaired) electrons. The van der Waals surface area contributed by atoms with Crippen molar-refractivity contribution in [2.45, 2.75) is 17.7 Å². The largest absolute Gasteiger partial charge is 0.326 e. The van der Waals surface area contributed by atoms with E-state index in [0.29, 0.717) is 30.8 Å². The number of sulfonamides is 1. The summed E-state index contributed by atoms with van der Waals surface area (Å²) in [6.07, 6.45) is 1.01. The number of anilines is 1. The molecule has 5 rings (SSSR count). The Morgan fingerprint density at radius 2 is 1.31 bits per heavy atom. The molecule has 5 nitrogen and oxygen atoms in total. The number of hydrogen-bond donors (Lipinski definition) is 1. The molecular weight excluding hydrogens is 420 g/mol. The van der Waals surface area contributed by atoms with Crippen LogP contribution < -0.4 is 5.32 Å². The summed E-state index contributed by atoms with van der Waals surface area (Å²) in [5, 5.41) is 7.11. The van der Waals surface area contributed by atoms with Crippen molar-refractivity contribution in [1.29, 1.82) is 0 Å². The van der Waals surface area contributed by atoms with Gasteiger partial charge in [-0.15, -0.1) is 0 Å². The van der Waals surface area contributed by atoms with Gasteiger partial charge in [-0.25, -0.2) is 8.42 Å². The first kappa shape index (κ1) is 20.7. The molecule has 4 aromatic carbocycles. The fraction of sp³-hybridized carbons (Fsp3) is 0.192. The van der Waals surface area contributed by atoms with E-state index in [2.05, 4.69) is 5.32 Å². The van der Waals surface area contributed by atoms with Crippen LogP contribution in [0.15, 0.2) is 89.8 Å². The van der Waals surface area contributed by atoms with Gasteiger partial charge in [-0.05, 0) is 58.7 Å². The summed E-state index contributed by atoms with van der Waals surface area (Å²) in [7, 11) is -3.58. The maximum absolute atomic E-state index is 13.1. The first-order chi connectivity index (χ1) is 15.5. The van der Waals surface area contributed by atoms with Crippen molar-refractivity contribution in [1.82, 2.24) is 4.31 Å². The summed E-state index contributed by atoms with van der Waals surface area (Å²) >= 11 is 0. The van der Waals surface area contributed by atoms with E-state index in [1.165, 1.54) is 4.31 Å². The smallest absolute Gasteiger partial charge is 0.243 e. The van der Waals surface area contributed by atoms with E-state index in [9.17, 15) is 13.2 Å². The number of fused-ring (bicyclic) bond motifs is 2. The van der Waals surface area contributed by atoms with E-state index in [-0.39, 0.29) is 11.8 Å². The molecule has 1 saturated heterocycles. The van der Waals surface area contributed by atoms with E-state index < -0.39 is 10.0 Å². The molecule has 4 aromatic rings. The number of carbonyl (C=O) groups is 1. The van der Waals surface area contributed by atoms with Crippen molar-refractivity contribution >= 4 is 43.2 Å². The number of nitrogens with one attached hydrogen (secondary N) is 1. The van der Waals surface area contributed by atoms with E-state index >= 15 is 0 Å². The van der Waals surface area contributed by atoms with Crippen LogP contribution in [0.4, 0.5) is 5.69 Å². The highest BCUT2D eigenvalue weighted by molar-refractivity contribution is 7.89. The molecule has 1 heterocycles. The quantitative estimate of drug-likeness (QED) is 0.480. The van der Waals surface area contributed by atoms with Gasteiger partial charge >= 0.3 is 0 Å².